The lowest BCUT2D eigenvalue weighted by atomic mass is 9.33. The molecule has 0 saturated heterocycles. The quantitative estimate of drug-likeness (QED) is 0.141. The van der Waals surface area contributed by atoms with E-state index >= 15 is 0 Å². The van der Waals surface area contributed by atoms with Gasteiger partial charge in [-0.1, -0.05) is 390 Å². The predicted octanol–water partition coefficient (Wildman–Crippen LogP) is 31.2. The summed E-state index contributed by atoms with van der Waals surface area (Å²) in [7, 11) is 0. The van der Waals surface area contributed by atoms with Gasteiger partial charge in [0.15, 0.2) is 0 Å². The summed E-state index contributed by atoms with van der Waals surface area (Å²) in [4.78, 5) is 5.56. The second-order valence-electron chi connectivity index (χ2n) is 40.8. The lowest BCUT2D eigenvalue weighted by Gasteiger charge is -2.47. The molecule has 5 heteroatoms. The highest BCUT2D eigenvalue weighted by Gasteiger charge is 2.56. The summed E-state index contributed by atoms with van der Waals surface area (Å²) >= 11 is 0. The summed E-state index contributed by atoms with van der Waals surface area (Å²) in [6.45, 7) is 21.2. The van der Waals surface area contributed by atoms with E-state index in [1.807, 2.05) is 0 Å². The lowest BCUT2D eigenvalue weighted by Crippen LogP contribution is -2.61. The Balaban J connectivity index is 0.793. The molecule has 630 valence electrons. The van der Waals surface area contributed by atoms with Crippen LogP contribution in [-0.2, 0) is 27.1 Å². The average Bonchev–Trinajstić information content (AvgIpc) is 1.51. The van der Waals surface area contributed by atoms with Crippen LogP contribution in [0.25, 0.3) is 144 Å². The minimum Gasteiger partial charge on any atom is -0.310 e. The van der Waals surface area contributed by atoms with E-state index in [0.717, 1.165) is 112 Å². The number of rotatable bonds is 8. The van der Waals surface area contributed by atoms with E-state index in [0.29, 0.717) is 0 Å². The summed E-state index contributed by atoms with van der Waals surface area (Å²) in [5.41, 5.74) is 49.1. The molecule has 2 aromatic heterocycles. The fraction of sp³-hybridized carbons (Fsp3) is 0.109. The minimum atomic E-state index is -0.597. The molecule has 0 N–H and O–H groups in total. The van der Waals surface area contributed by atoms with Crippen molar-refractivity contribution in [2.24, 2.45) is 0 Å². The van der Waals surface area contributed by atoms with Crippen molar-refractivity contribution in [3.05, 3.63) is 474 Å². The van der Waals surface area contributed by atoms with Gasteiger partial charge in [0.1, 0.15) is 0 Å². The molecule has 19 aromatic carbocycles. The Morgan fingerprint density at radius 3 is 0.797 bits per heavy atom. The molecule has 0 saturated carbocycles. The summed E-state index contributed by atoms with van der Waals surface area (Å²) in [5, 5.41) is 4.99. The maximum absolute atomic E-state index is 2.78. The van der Waals surface area contributed by atoms with Crippen LogP contribution >= 0.6 is 0 Å². The van der Waals surface area contributed by atoms with E-state index in [4.69, 9.17) is 0 Å². The Morgan fingerprint density at radius 2 is 0.489 bits per heavy atom. The van der Waals surface area contributed by atoms with Crippen molar-refractivity contribution in [3.8, 4) is 100 Å². The van der Waals surface area contributed by atoms with Crippen LogP contribution in [0.3, 0.4) is 0 Å². The zero-order valence-corrected chi connectivity index (χ0v) is 76.1. The molecule has 0 radical (unpaired) electrons. The van der Waals surface area contributed by atoms with Gasteiger partial charge < -0.3 is 18.9 Å². The van der Waals surface area contributed by atoms with Crippen molar-refractivity contribution in [2.45, 2.75) is 89.4 Å². The van der Waals surface area contributed by atoms with Crippen LogP contribution in [0.5, 0.6) is 0 Å². The predicted molar refractivity (Wildman–Crippen MR) is 560 cm³/mol. The second-order valence-corrected chi connectivity index (χ2v) is 40.8. The summed E-state index contributed by atoms with van der Waals surface area (Å²) in [6.07, 6.45) is 0. The average molecular weight is 1700 g/mol. The van der Waals surface area contributed by atoms with Crippen LogP contribution in [0, 0.1) is 0 Å². The van der Waals surface area contributed by atoms with Gasteiger partial charge in [0.25, 0.3) is 6.71 Å². The first-order chi connectivity index (χ1) is 64.9. The maximum Gasteiger partial charge on any atom is 0.252 e. The number of hydrogen-bond acceptors (Lipinski definition) is 2. The monoisotopic (exact) mass is 1700 g/mol. The van der Waals surface area contributed by atoms with Crippen molar-refractivity contribution >= 4 is 101 Å². The summed E-state index contributed by atoms with van der Waals surface area (Å²) in [5.74, 6) is 0. The van der Waals surface area contributed by atoms with Crippen LogP contribution in [0.2, 0.25) is 0 Å². The Kier molecular flexibility index (Phi) is 16.3. The highest BCUT2D eigenvalue weighted by atomic mass is 15.2. The third-order valence-corrected chi connectivity index (χ3v) is 30.7. The Labute approximate surface area is 777 Å². The van der Waals surface area contributed by atoms with E-state index in [1.165, 1.54) is 144 Å². The number of aromatic nitrogens is 2. The fourth-order valence-corrected chi connectivity index (χ4v) is 25.0. The van der Waals surface area contributed by atoms with Crippen molar-refractivity contribution in [3.63, 3.8) is 0 Å². The first-order valence-corrected chi connectivity index (χ1v) is 47.3. The van der Waals surface area contributed by atoms with Crippen LogP contribution in [0.15, 0.2) is 413 Å². The van der Waals surface area contributed by atoms with E-state index in [1.54, 1.807) is 0 Å². The number of hydrogen-bond donors (Lipinski definition) is 0. The molecule has 4 aliphatic carbocycles. The summed E-state index contributed by atoms with van der Waals surface area (Å²) < 4.78 is 5.26. The molecule has 0 amide bonds. The van der Waals surface area contributed by atoms with Crippen molar-refractivity contribution in [1.29, 1.82) is 0 Å². The molecule has 4 nitrogen and oxygen atoms in total. The van der Waals surface area contributed by atoms with Gasteiger partial charge in [-0.2, -0.15) is 0 Å². The smallest absolute Gasteiger partial charge is 0.252 e. The molecule has 4 heterocycles. The molecular weight excluding hydrogens is 1600 g/mol. The van der Waals surface area contributed by atoms with Gasteiger partial charge >= 0.3 is 0 Å². The largest absolute Gasteiger partial charge is 0.310 e. The van der Waals surface area contributed by atoms with Gasteiger partial charge in [-0.15, -0.1) is 0 Å². The number of anilines is 6. The first-order valence-electron chi connectivity index (χ1n) is 47.3. The van der Waals surface area contributed by atoms with E-state index < -0.39 is 16.2 Å². The third-order valence-electron chi connectivity index (χ3n) is 30.7. The first kappa shape index (κ1) is 77.4. The zero-order valence-electron chi connectivity index (χ0n) is 76.1. The van der Waals surface area contributed by atoms with Gasteiger partial charge in [0.2, 0.25) is 0 Å². The summed E-state index contributed by atoms with van der Waals surface area (Å²) in [6, 6.07) is 160. The van der Waals surface area contributed by atoms with Crippen molar-refractivity contribution in [1.82, 2.24) is 9.13 Å². The SMILES string of the molecule is CC(C)(C)c1cc(-c2ccccc2)c(N2c3cc(-n4c5ccccc5c5c6c(ccc54)-c4ccccc4C64c5ccccc5-c5ccccc54)ccc3B3c4ccc(-n5c6ccccc6c6c7c(ccc65)-c5ccccc5C75c6ccccc6-c6ccccc65)cc4N(c4c(-c5ccccc5)cc(C(C)(C)C)cc4-c4ccccc4)c4cc(C(C)(C)C)cc2c43)c(-c2ccccc2)c1. The van der Waals surface area contributed by atoms with E-state index in [9.17, 15) is 0 Å². The van der Waals surface area contributed by atoms with Gasteiger partial charge in [-0.3, -0.25) is 0 Å². The van der Waals surface area contributed by atoms with Crippen LogP contribution in [0.1, 0.15) is 124 Å². The molecule has 27 rings (SSSR count). The molecule has 21 aromatic rings. The molecule has 133 heavy (non-hydrogen) atoms. The highest BCUT2D eigenvalue weighted by Crippen LogP contribution is 2.68. The van der Waals surface area contributed by atoms with Crippen molar-refractivity contribution in [2.75, 3.05) is 9.80 Å². The highest BCUT2D eigenvalue weighted by molar-refractivity contribution is 7.00. The molecular formula is C128H95BN4. The standard InChI is InChI=1S/C128H95BN4/c1-124(2,3)82-70-97(78-38-14-10-15-39-78)122(98(71-82)79-40-16-11-17-41-79)132-113-76-85(130-109-60-36-28-52-95(109)117-111(130)68-64-93-91-50-26-34-58-105(91)127(119(93)117)101-54-30-22-46-87(101)88-47-23-31-55-102(88)127)62-66-107(113)129-108-67-63-86(131-110-61-37-29-53-96(110)118-112(131)69-65-94-92-51-27-35-59-106(92)128(120(94)118)103-56-32-24-48-89(103)90-49-25-33-57-104(90)128)77-114(108)133(116-75-84(126(7,8)9)74-115(132)121(116)129)123-99(80-42-18-12-19-43-80)72-83(125(4,5)6)73-100(123)81-44-20-13-21-45-81/h10-77H,1-9H3. The van der Waals surface area contributed by atoms with Crippen LogP contribution in [0.4, 0.5) is 34.1 Å². The third kappa shape index (κ3) is 10.6. The second kappa shape index (κ2) is 28.0. The molecule has 0 fully saturated rings. The molecule has 0 bridgehead atoms. The van der Waals surface area contributed by atoms with Crippen molar-refractivity contribution < 1.29 is 0 Å². The Bertz CT molecular complexity index is 7840. The molecule has 0 atom stereocenters. The molecule has 0 unspecified atom stereocenters. The molecule has 2 spiro atoms. The number of nitrogens with zero attached hydrogens (tertiary/aromatic N) is 4. The van der Waals surface area contributed by atoms with Gasteiger partial charge in [0, 0.05) is 77.9 Å². The number of benzene rings is 19. The van der Waals surface area contributed by atoms with E-state index in [2.05, 4.69) is 494 Å². The Morgan fingerprint density at radius 1 is 0.218 bits per heavy atom. The molecule has 2 aliphatic heterocycles. The van der Waals surface area contributed by atoms with Gasteiger partial charge in [-0.25, -0.2) is 0 Å². The topological polar surface area (TPSA) is 16.3 Å². The fourth-order valence-electron chi connectivity index (χ4n) is 25.0. The lowest BCUT2D eigenvalue weighted by molar-refractivity contribution is 0.590. The number of fused-ring (bicyclic) bond motifs is 32. The van der Waals surface area contributed by atoms with Crippen LogP contribution in [-0.4, -0.2) is 15.8 Å². The minimum absolute atomic E-state index is 0.242. The normalized spacial score (nSPS) is 14.1. The molecule has 6 aliphatic rings. The van der Waals surface area contributed by atoms with Gasteiger partial charge in [-0.05, 0) is 246 Å². The van der Waals surface area contributed by atoms with E-state index in [-0.39, 0.29) is 17.5 Å². The van der Waals surface area contributed by atoms with Crippen LogP contribution < -0.4 is 26.2 Å². The number of para-hydroxylation sites is 2. The van der Waals surface area contributed by atoms with Gasteiger partial charge in [0.05, 0.1) is 44.3 Å². The zero-order chi connectivity index (χ0) is 89.0. The maximum atomic E-state index is 2.78. The Hall–Kier alpha value is -15.6.